The predicted octanol–water partition coefficient (Wildman–Crippen LogP) is 0.933. The summed E-state index contributed by atoms with van der Waals surface area (Å²) in [6, 6.07) is 0. The van der Waals surface area contributed by atoms with Gasteiger partial charge in [0.1, 0.15) is 6.58 Å². The molecule has 0 aliphatic heterocycles. The van der Waals surface area contributed by atoms with Gasteiger partial charge in [0.15, 0.2) is 0 Å². The van der Waals surface area contributed by atoms with Crippen molar-refractivity contribution in [2.24, 2.45) is 0 Å². The summed E-state index contributed by atoms with van der Waals surface area (Å²) < 4.78 is 0. The Hall–Kier alpha value is -1.01. The lowest BCUT2D eigenvalue weighted by Gasteiger charge is -1.72. The molecule has 0 spiro atoms. The van der Waals surface area contributed by atoms with Crippen molar-refractivity contribution >= 4 is 0 Å². The van der Waals surface area contributed by atoms with E-state index in [2.05, 4.69) is 13.2 Å². The van der Waals surface area contributed by atoms with Gasteiger partial charge in [-0.1, -0.05) is 0 Å². The fraction of sp³-hybridized carbons (Fsp3) is 0. The first-order chi connectivity index (χ1) is 2.64. The Morgan fingerprint density at radius 2 is 1.67 bits per heavy atom. The Labute approximate surface area is 36.0 Å². The first-order valence-corrected chi connectivity index (χ1v) is 1.34. The summed E-state index contributed by atoms with van der Waals surface area (Å²) in [6.07, 6.45) is 0. The third kappa shape index (κ3) is 1.32. The van der Waals surface area contributed by atoms with Gasteiger partial charge in [-0.25, -0.2) is 0 Å². The molecule has 2 N–H and O–H groups in total. The normalized spacial score (nSPS) is 7.17. The molecule has 0 saturated carbocycles. The molecule has 0 rings (SSSR count). The third-order valence-electron chi connectivity index (χ3n) is 0.296. The van der Waals surface area contributed by atoms with Crippen LogP contribution in [0.5, 0.6) is 0 Å². The largest absolute Gasteiger partial charge is 0.468 e. The van der Waals surface area contributed by atoms with Crippen molar-refractivity contribution < 1.29 is 10.2 Å². The molecule has 0 aromatic heterocycles. The van der Waals surface area contributed by atoms with E-state index in [-0.39, 0.29) is 0 Å². The van der Waals surface area contributed by atoms with Crippen molar-refractivity contribution in [2.75, 3.05) is 0 Å². The Bertz CT molecular complexity index is 71.5. The zero-order valence-corrected chi connectivity index (χ0v) is 3.18. The summed E-state index contributed by atoms with van der Waals surface area (Å²) >= 11 is 0. The SMILES string of the molecule is [CH+]=C(O)C(=C)O. The van der Waals surface area contributed by atoms with Crippen LogP contribution in [0.3, 0.4) is 0 Å². The van der Waals surface area contributed by atoms with E-state index in [9.17, 15) is 0 Å². The zero-order valence-electron chi connectivity index (χ0n) is 3.18. The minimum atomic E-state index is -0.630. The number of hydrogen-bond acceptors (Lipinski definition) is 2. The average Bonchev–Trinajstić information content (AvgIpc) is 1.36. The fourth-order valence-corrected chi connectivity index (χ4v) is 0. The van der Waals surface area contributed by atoms with Gasteiger partial charge in [-0.2, -0.15) is 0 Å². The van der Waals surface area contributed by atoms with E-state index in [4.69, 9.17) is 10.2 Å². The van der Waals surface area contributed by atoms with Gasteiger partial charge in [0.2, 0.25) is 0 Å². The van der Waals surface area contributed by atoms with Gasteiger partial charge in [0, 0.05) is 6.58 Å². The van der Waals surface area contributed by atoms with Gasteiger partial charge in [0.25, 0.3) is 5.76 Å². The van der Waals surface area contributed by atoms with E-state index in [0.717, 1.165) is 0 Å². The quantitative estimate of drug-likeness (QED) is 0.282. The molecule has 2 heteroatoms. The highest BCUT2D eigenvalue weighted by Crippen LogP contribution is 1.90. The Morgan fingerprint density at radius 1 is 1.50 bits per heavy atom. The molecule has 0 amide bonds. The molecule has 0 saturated heterocycles. The lowest BCUT2D eigenvalue weighted by Crippen LogP contribution is -1.78. The molecule has 32 valence electrons. The number of hydrogen-bond donors (Lipinski definition) is 2. The van der Waals surface area contributed by atoms with E-state index in [1.807, 2.05) is 0 Å². The Morgan fingerprint density at radius 3 is 1.67 bits per heavy atom. The van der Waals surface area contributed by atoms with Crippen molar-refractivity contribution in [3.8, 4) is 0 Å². The van der Waals surface area contributed by atoms with Gasteiger partial charge in [-0.3, -0.25) is 0 Å². The molecule has 0 heterocycles. The molecular formula is C4H5O2+. The third-order valence-corrected chi connectivity index (χ3v) is 0.296. The summed E-state index contributed by atoms with van der Waals surface area (Å²) in [7, 11) is 0. The van der Waals surface area contributed by atoms with Gasteiger partial charge < -0.3 is 10.2 Å². The van der Waals surface area contributed by atoms with Gasteiger partial charge in [-0.05, 0) is 0 Å². The second-order valence-corrected chi connectivity index (χ2v) is 0.832. The minimum Gasteiger partial charge on any atom is -0.468 e. The van der Waals surface area contributed by atoms with Gasteiger partial charge in [0.05, 0.1) is 0 Å². The molecule has 0 aromatic rings. The number of aliphatic hydroxyl groups excluding tert-OH is 2. The molecule has 0 atom stereocenters. The lowest BCUT2D eigenvalue weighted by atomic mass is 10.5. The van der Waals surface area contributed by atoms with Crippen LogP contribution in [0, 0.1) is 6.58 Å². The van der Waals surface area contributed by atoms with Crippen LogP contribution in [0.15, 0.2) is 18.1 Å². The Kier molecular flexibility index (Phi) is 1.19. The van der Waals surface area contributed by atoms with Crippen LogP contribution in [0.2, 0.25) is 0 Å². The van der Waals surface area contributed by atoms with E-state index in [1.165, 1.54) is 0 Å². The molecule has 2 nitrogen and oxygen atoms in total. The van der Waals surface area contributed by atoms with E-state index in [1.54, 1.807) is 0 Å². The predicted molar refractivity (Wildman–Crippen MR) is 22.2 cm³/mol. The van der Waals surface area contributed by atoms with Gasteiger partial charge >= 0.3 is 5.76 Å². The lowest BCUT2D eigenvalue weighted by molar-refractivity contribution is 0.329. The van der Waals surface area contributed by atoms with Crippen molar-refractivity contribution in [2.45, 2.75) is 0 Å². The van der Waals surface area contributed by atoms with E-state index >= 15 is 0 Å². The van der Waals surface area contributed by atoms with Crippen LogP contribution in [-0.2, 0) is 0 Å². The average molecular weight is 85.1 g/mol. The highest BCUT2D eigenvalue weighted by molar-refractivity contribution is 5.05. The van der Waals surface area contributed by atoms with Crippen LogP contribution < -0.4 is 0 Å². The molecular weight excluding hydrogens is 80.0 g/mol. The first-order valence-electron chi connectivity index (χ1n) is 1.34. The first kappa shape index (κ1) is 4.99. The molecule has 0 unspecified atom stereocenters. The molecule has 0 radical (unpaired) electrons. The van der Waals surface area contributed by atoms with Crippen molar-refractivity contribution in [3.05, 3.63) is 24.7 Å². The fourth-order valence-electron chi connectivity index (χ4n) is 0. The van der Waals surface area contributed by atoms with E-state index in [0.29, 0.717) is 0 Å². The van der Waals surface area contributed by atoms with Crippen LogP contribution >= 0.6 is 0 Å². The second kappa shape index (κ2) is 1.43. The molecule has 0 aliphatic rings. The maximum absolute atomic E-state index is 8.02. The summed E-state index contributed by atoms with van der Waals surface area (Å²) in [5.41, 5.74) is 0. The second-order valence-electron chi connectivity index (χ2n) is 0.832. The van der Waals surface area contributed by atoms with E-state index < -0.39 is 11.5 Å². The minimum absolute atomic E-state index is 0.491. The maximum Gasteiger partial charge on any atom is 0.382 e. The maximum atomic E-state index is 8.02. The van der Waals surface area contributed by atoms with Crippen molar-refractivity contribution in [1.82, 2.24) is 0 Å². The van der Waals surface area contributed by atoms with Crippen LogP contribution in [0.25, 0.3) is 0 Å². The summed E-state index contributed by atoms with van der Waals surface area (Å²) in [5, 5.41) is 16.0. The summed E-state index contributed by atoms with van der Waals surface area (Å²) in [5.74, 6) is -1.12. The summed E-state index contributed by atoms with van der Waals surface area (Å²) in [4.78, 5) is 0. The van der Waals surface area contributed by atoms with Crippen LogP contribution in [0.1, 0.15) is 0 Å². The zero-order chi connectivity index (χ0) is 5.15. The monoisotopic (exact) mass is 85.0 g/mol. The molecule has 0 aromatic carbocycles. The number of rotatable bonds is 1. The summed E-state index contributed by atoms with van der Waals surface area (Å²) in [6.45, 7) is 7.46. The molecule has 0 bridgehead atoms. The standard InChI is InChI=1S/C4H4O2/c1-3(5)4(2)6/h1H,2H2,(H-,5,6)/p+1. The van der Waals surface area contributed by atoms with Crippen molar-refractivity contribution in [1.29, 1.82) is 0 Å². The van der Waals surface area contributed by atoms with Gasteiger partial charge in [-0.15, -0.1) is 0 Å². The number of aliphatic hydroxyl groups is 2. The molecule has 6 heavy (non-hydrogen) atoms. The molecule has 0 fully saturated rings. The molecule has 0 aliphatic carbocycles. The van der Waals surface area contributed by atoms with Crippen LogP contribution in [0.4, 0.5) is 0 Å². The van der Waals surface area contributed by atoms with Crippen LogP contribution in [-0.4, -0.2) is 10.2 Å². The topological polar surface area (TPSA) is 40.5 Å². The smallest absolute Gasteiger partial charge is 0.382 e. The Balaban J connectivity index is 3.57. The highest BCUT2D eigenvalue weighted by atomic mass is 16.3. The highest BCUT2D eigenvalue weighted by Gasteiger charge is 2.01. The van der Waals surface area contributed by atoms with Crippen molar-refractivity contribution in [3.63, 3.8) is 0 Å².